The molecule has 0 amide bonds. The Morgan fingerprint density at radius 2 is 1.00 bits per heavy atom. The van der Waals surface area contributed by atoms with Crippen LogP contribution in [-0.4, -0.2) is 19.9 Å². The van der Waals surface area contributed by atoms with Crippen LogP contribution in [0.1, 0.15) is 0 Å². The Morgan fingerprint density at radius 3 is 1.82 bits per heavy atom. The lowest BCUT2D eigenvalue weighted by Crippen LogP contribution is -2.01. The van der Waals surface area contributed by atoms with Gasteiger partial charge >= 0.3 is 0 Å². The normalized spacial score (nSPS) is 11.7. The molecule has 49 heavy (non-hydrogen) atoms. The second-order valence-electron chi connectivity index (χ2n) is 12.2. The highest BCUT2D eigenvalue weighted by Gasteiger charge is 2.20. The summed E-state index contributed by atoms with van der Waals surface area (Å²) in [5, 5.41) is 8.67. The summed E-state index contributed by atoms with van der Waals surface area (Å²) in [4.78, 5) is 20.4. The van der Waals surface area contributed by atoms with Crippen molar-refractivity contribution in [2.75, 3.05) is 0 Å². The second-order valence-corrected chi connectivity index (χ2v) is 12.2. The van der Waals surface area contributed by atoms with Gasteiger partial charge in [-0.25, -0.2) is 19.9 Å². The van der Waals surface area contributed by atoms with Crippen molar-refractivity contribution in [3.05, 3.63) is 158 Å². The third-order valence-corrected chi connectivity index (χ3v) is 9.32. The van der Waals surface area contributed by atoms with E-state index in [-0.39, 0.29) is 0 Å². The highest BCUT2D eigenvalue weighted by molar-refractivity contribution is 6.28. The van der Waals surface area contributed by atoms with Gasteiger partial charge in [0.15, 0.2) is 23.1 Å². The molecule has 0 aliphatic carbocycles. The lowest BCUT2D eigenvalue weighted by atomic mass is 9.92. The molecule has 10 rings (SSSR count). The van der Waals surface area contributed by atoms with Crippen LogP contribution in [0.5, 0.6) is 0 Å². The van der Waals surface area contributed by atoms with Gasteiger partial charge in [0.2, 0.25) is 5.89 Å². The summed E-state index contributed by atoms with van der Waals surface area (Å²) in [7, 11) is 0. The van der Waals surface area contributed by atoms with E-state index in [0.29, 0.717) is 23.4 Å². The van der Waals surface area contributed by atoms with E-state index in [9.17, 15) is 0 Å². The molecule has 5 heteroatoms. The number of nitrogens with zero attached hydrogens (tertiary/aromatic N) is 4. The first-order valence-corrected chi connectivity index (χ1v) is 16.3. The zero-order valence-electron chi connectivity index (χ0n) is 26.2. The van der Waals surface area contributed by atoms with E-state index in [1.165, 1.54) is 0 Å². The standard InChI is InChI=1S/C44H26N4O/c1-3-13-29(14-4-1)41-46-42(35-21-11-18-27-12-7-9-19-32(27)35)48-43(47-41)36-26-31-17-8-10-20-33(31)39-34(36)24-22-28-23-25-37-40(38(28)39)49-44(45-37)30-15-5-2-6-16-30/h1-26H. The van der Waals surface area contributed by atoms with Crippen LogP contribution in [0.2, 0.25) is 0 Å². The molecule has 8 aromatic carbocycles. The van der Waals surface area contributed by atoms with Crippen LogP contribution in [-0.2, 0) is 0 Å². The van der Waals surface area contributed by atoms with Crippen molar-refractivity contribution in [2.24, 2.45) is 0 Å². The van der Waals surface area contributed by atoms with Crippen molar-refractivity contribution in [1.29, 1.82) is 0 Å². The minimum Gasteiger partial charge on any atom is -0.435 e. The molecule has 0 atom stereocenters. The van der Waals surface area contributed by atoms with Crippen molar-refractivity contribution < 1.29 is 4.42 Å². The molecule has 0 N–H and O–H groups in total. The highest BCUT2D eigenvalue weighted by atomic mass is 16.3. The van der Waals surface area contributed by atoms with E-state index in [1.54, 1.807) is 0 Å². The van der Waals surface area contributed by atoms with Gasteiger partial charge in [-0.2, -0.15) is 0 Å². The lowest BCUT2D eigenvalue weighted by molar-refractivity contribution is 0.623. The largest absolute Gasteiger partial charge is 0.435 e. The summed E-state index contributed by atoms with van der Waals surface area (Å²) in [6.45, 7) is 0. The van der Waals surface area contributed by atoms with Gasteiger partial charge in [-0.3, -0.25) is 0 Å². The summed E-state index contributed by atoms with van der Waals surface area (Å²) >= 11 is 0. The van der Waals surface area contributed by atoms with E-state index < -0.39 is 0 Å². The van der Waals surface area contributed by atoms with E-state index in [1.807, 2.05) is 66.7 Å². The van der Waals surface area contributed by atoms with Crippen LogP contribution < -0.4 is 0 Å². The van der Waals surface area contributed by atoms with Crippen molar-refractivity contribution >= 4 is 54.2 Å². The quantitative estimate of drug-likeness (QED) is 0.182. The molecule has 5 nitrogen and oxygen atoms in total. The van der Waals surface area contributed by atoms with Gasteiger partial charge in [-0.1, -0.05) is 133 Å². The molecule has 0 saturated carbocycles. The Kier molecular flexibility index (Phi) is 6.11. The van der Waals surface area contributed by atoms with E-state index in [4.69, 9.17) is 24.4 Å². The van der Waals surface area contributed by atoms with Gasteiger partial charge in [0.05, 0.1) is 0 Å². The predicted octanol–water partition coefficient (Wildman–Crippen LogP) is 11.3. The number of hydrogen-bond acceptors (Lipinski definition) is 5. The van der Waals surface area contributed by atoms with Crippen molar-refractivity contribution in [1.82, 2.24) is 19.9 Å². The predicted molar refractivity (Wildman–Crippen MR) is 199 cm³/mol. The van der Waals surface area contributed by atoms with E-state index in [2.05, 4.69) is 91.0 Å². The topological polar surface area (TPSA) is 64.7 Å². The van der Waals surface area contributed by atoms with Crippen molar-refractivity contribution in [3.8, 4) is 45.6 Å². The first-order valence-electron chi connectivity index (χ1n) is 16.3. The number of aromatic nitrogens is 4. The summed E-state index contributed by atoms with van der Waals surface area (Å²) < 4.78 is 6.61. The molecule has 2 heterocycles. The van der Waals surface area contributed by atoms with Gasteiger partial charge in [0.25, 0.3) is 0 Å². The molecule has 0 aliphatic heterocycles. The Labute approximate surface area is 281 Å². The fraction of sp³-hybridized carbons (Fsp3) is 0. The first kappa shape index (κ1) is 27.4. The number of benzene rings is 8. The molecule has 0 bridgehead atoms. The number of oxazole rings is 1. The minimum atomic E-state index is 0.602. The molecule has 2 aromatic heterocycles. The average molecular weight is 627 g/mol. The van der Waals surface area contributed by atoms with Crippen LogP contribution in [0.3, 0.4) is 0 Å². The fourth-order valence-electron chi connectivity index (χ4n) is 7.03. The molecular weight excluding hydrogens is 601 g/mol. The van der Waals surface area contributed by atoms with Gasteiger partial charge in [-0.15, -0.1) is 0 Å². The third-order valence-electron chi connectivity index (χ3n) is 9.32. The maximum absolute atomic E-state index is 6.61. The zero-order chi connectivity index (χ0) is 32.3. The monoisotopic (exact) mass is 626 g/mol. The zero-order valence-corrected chi connectivity index (χ0v) is 26.2. The van der Waals surface area contributed by atoms with E-state index >= 15 is 0 Å². The molecule has 0 radical (unpaired) electrons. The molecule has 228 valence electrons. The Morgan fingerprint density at radius 1 is 0.367 bits per heavy atom. The Hall–Kier alpha value is -6.72. The first-order chi connectivity index (χ1) is 24.3. The Balaban J connectivity index is 1.30. The SMILES string of the molecule is c1ccc(-c2nc(-c3cccc4ccccc34)nc(-c3cc4ccccc4c4c3ccc3ccc5nc(-c6ccccc6)oc5c34)n2)cc1. The molecule has 0 saturated heterocycles. The van der Waals surface area contributed by atoms with Crippen molar-refractivity contribution in [3.63, 3.8) is 0 Å². The fourth-order valence-corrected chi connectivity index (χ4v) is 7.03. The van der Waals surface area contributed by atoms with Crippen LogP contribution >= 0.6 is 0 Å². The van der Waals surface area contributed by atoms with Crippen LogP contribution in [0.4, 0.5) is 0 Å². The van der Waals surface area contributed by atoms with Gasteiger partial charge < -0.3 is 4.42 Å². The number of fused-ring (bicyclic) bond motifs is 8. The van der Waals surface area contributed by atoms with Crippen LogP contribution in [0.25, 0.3) is 99.8 Å². The van der Waals surface area contributed by atoms with Crippen molar-refractivity contribution in [2.45, 2.75) is 0 Å². The van der Waals surface area contributed by atoms with Gasteiger partial charge in [0, 0.05) is 33.0 Å². The number of hydrogen-bond donors (Lipinski definition) is 0. The molecule has 0 spiro atoms. The number of rotatable bonds is 4. The van der Waals surface area contributed by atoms with E-state index in [0.717, 1.165) is 76.4 Å². The lowest BCUT2D eigenvalue weighted by Gasteiger charge is -2.14. The smallest absolute Gasteiger partial charge is 0.227 e. The average Bonchev–Trinajstić information content (AvgIpc) is 3.63. The summed E-state index contributed by atoms with van der Waals surface area (Å²) in [6.07, 6.45) is 0. The highest BCUT2D eigenvalue weighted by Crippen LogP contribution is 2.42. The molecule has 0 fully saturated rings. The summed E-state index contributed by atoms with van der Waals surface area (Å²) in [5.41, 5.74) is 5.35. The second kappa shape index (κ2) is 10.9. The Bertz CT molecular complexity index is 2870. The molecule has 0 aliphatic rings. The van der Waals surface area contributed by atoms with Gasteiger partial charge in [0.1, 0.15) is 5.52 Å². The summed E-state index contributed by atoms with van der Waals surface area (Å²) in [6, 6.07) is 54.0. The third kappa shape index (κ3) is 4.48. The molecule has 10 aromatic rings. The summed E-state index contributed by atoms with van der Waals surface area (Å²) in [5.74, 6) is 2.47. The maximum atomic E-state index is 6.61. The molecular formula is C44H26N4O. The minimum absolute atomic E-state index is 0.602. The molecule has 0 unspecified atom stereocenters. The maximum Gasteiger partial charge on any atom is 0.227 e. The van der Waals surface area contributed by atoms with Gasteiger partial charge in [-0.05, 0) is 56.6 Å². The van der Waals surface area contributed by atoms with Crippen LogP contribution in [0, 0.1) is 0 Å². The van der Waals surface area contributed by atoms with Crippen LogP contribution in [0.15, 0.2) is 162 Å².